The van der Waals surface area contributed by atoms with Crippen LogP contribution in [0.4, 0.5) is 4.79 Å². The fourth-order valence-electron chi connectivity index (χ4n) is 4.10. The van der Waals surface area contributed by atoms with Gasteiger partial charge in [0.05, 0.1) is 5.92 Å². The Labute approximate surface area is 151 Å². The summed E-state index contributed by atoms with van der Waals surface area (Å²) in [6, 6.07) is 0.133. The second kappa shape index (κ2) is 7.91. The number of likely N-dealkylation sites (tertiary alicyclic amines) is 3. The second-order valence-electron chi connectivity index (χ2n) is 7.79. The maximum Gasteiger partial charge on any atom is 0.320 e. The molecule has 3 heterocycles. The number of amides is 3. The Bertz CT molecular complexity index is 470. The third kappa shape index (κ3) is 3.97. The van der Waals surface area contributed by atoms with E-state index in [0.717, 1.165) is 64.8 Å². The van der Waals surface area contributed by atoms with Crippen LogP contribution in [0.3, 0.4) is 0 Å². The Morgan fingerprint density at radius 3 is 2.33 bits per heavy atom. The Balaban J connectivity index is 0.00000208. The van der Waals surface area contributed by atoms with Crippen LogP contribution in [0.25, 0.3) is 0 Å². The molecule has 2 N–H and O–H groups in total. The highest BCUT2D eigenvalue weighted by molar-refractivity contribution is 5.85. The van der Waals surface area contributed by atoms with Gasteiger partial charge in [0.15, 0.2) is 0 Å². The highest BCUT2D eigenvalue weighted by atomic mass is 35.5. The third-order valence-electron chi connectivity index (χ3n) is 5.78. The van der Waals surface area contributed by atoms with Crippen LogP contribution in [0.2, 0.25) is 0 Å². The molecule has 0 radical (unpaired) electrons. The van der Waals surface area contributed by atoms with Crippen LogP contribution in [0.15, 0.2) is 0 Å². The third-order valence-corrected chi connectivity index (χ3v) is 5.78. The molecular formula is C17H31ClN4O2. The Hall–Kier alpha value is -1.01. The van der Waals surface area contributed by atoms with Gasteiger partial charge in [0.1, 0.15) is 0 Å². The van der Waals surface area contributed by atoms with Gasteiger partial charge in [-0.2, -0.15) is 0 Å². The van der Waals surface area contributed by atoms with Crippen LogP contribution in [-0.4, -0.2) is 72.5 Å². The van der Waals surface area contributed by atoms with Gasteiger partial charge in [-0.05, 0) is 44.1 Å². The zero-order chi connectivity index (χ0) is 16.4. The molecule has 0 aromatic carbocycles. The topological polar surface area (TPSA) is 69.9 Å². The molecule has 2 atom stereocenters. The summed E-state index contributed by atoms with van der Waals surface area (Å²) in [4.78, 5) is 31.2. The van der Waals surface area contributed by atoms with Crippen molar-refractivity contribution in [2.75, 3.05) is 45.8 Å². The quantitative estimate of drug-likeness (QED) is 0.813. The zero-order valence-corrected chi connectivity index (χ0v) is 15.5. The molecule has 6 nitrogen and oxygen atoms in total. The minimum absolute atomic E-state index is 0. The van der Waals surface area contributed by atoms with Crippen molar-refractivity contribution in [3.8, 4) is 0 Å². The van der Waals surface area contributed by atoms with Crippen molar-refractivity contribution in [3.05, 3.63) is 0 Å². The zero-order valence-electron chi connectivity index (χ0n) is 14.7. The lowest BCUT2D eigenvalue weighted by molar-refractivity contribution is -0.136. The van der Waals surface area contributed by atoms with Crippen molar-refractivity contribution in [1.82, 2.24) is 14.7 Å². The van der Waals surface area contributed by atoms with E-state index in [2.05, 4.69) is 6.92 Å². The Morgan fingerprint density at radius 1 is 1.04 bits per heavy atom. The summed E-state index contributed by atoms with van der Waals surface area (Å²) in [5, 5.41) is 0. The summed E-state index contributed by atoms with van der Waals surface area (Å²) in [5.41, 5.74) is 5.91. The number of rotatable bonds is 2. The van der Waals surface area contributed by atoms with Gasteiger partial charge in [-0.3, -0.25) is 4.79 Å². The number of carbonyl (C=O) groups is 2. The maximum absolute atomic E-state index is 12.8. The molecule has 3 rings (SSSR count). The molecule has 0 aliphatic carbocycles. The van der Waals surface area contributed by atoms with Crippen LogP contribution in [0.5, 0.6) is 0 Å². The predicted molar refractivity (Wildman–Crippen MR) is 96.1 cm³/mol. The molecule has 3 aliphatic heterocycles. The lowest BCUT2D eigenvalue weighted by Gasteiger charge is -2.36. The predicted octanol–water partition coefficient (Wildman–Crippen LogP) is 1.53. The molecule has 3 aliphatic rings. The van der Waals surface area contributed by atoms with Crippen molar-refractivity contribution in [2.45, 2.75) is 39.0 Å². The van der Waals surface area contributed by atoms with Gasteiger partial charge < -0.3 is 20.4 Å². The van der Waals surface area contributed by atoms with Gasteiger partial charge in [-0.1, -0.05) is 6.92 Å². The van der Waals surface area contributed by atoms with E-state index in [4.69, 9.17) is 5.73 Å². The summed E-state index contributed by atoms with van der Waals surface area (Å²) >= 11 is 0. The first-order valence-electron chi connectivity index (χ1n) is 9.05. The van der Waals surface area contributed by atoms with Crippen molar-refractivity contribution in [2.24, 2.45) is 17.1 Å². The smallest absolute Gasteiger partial charge is 0.320 e. The van der Waals surface area contributed by atoms with Gasteiger partial charge >= 0.3 is 6.03 Å². The number of hydrogen-bond donors (Lipinski definition) is 1. The molecule has 24 heavy (non-hydrogen) atoms. The van der Waals surface area contributed by atoms with Gasteiger partial charge in [0, 0.05) is 39.3 Å². The van der Waals surface area contributed by atoms with Gasteiger partial charge in [0.25, 0.3) is 0 Å². The van der Waals surface area contributed by atoms with Crippen LogP contribution >= 0.6 is 12.4 Å². The van der Waals surface area contributed by atoms with Gasteiger partial charge in [0.2, 0.25) is 5.91 Å². The van der Waals surface area contributed by atoms with Crippen molar-refractivity contribution in [3.63, 3.8) is 0 Å². The lowest BCUT2D eigenvalue weighted by Crippen LogP contribution is -2.50. The number of nitrogens with two attached hydrogens (primary N) is 1. The first kappa shape index (κ1) is 19.3. The van der Waals surface area contributed by atoms with Crippen LogP contribution in [0, 0.1) is 11.3 Å². The molecule has 0 bridgehead atoms. The van der Waals surface area contributed by atoms with E-state index >= 15 is 0 Å². The summed E-state index contributed by atoms with van der Waals surface area (Å²) in [7, 11) is 0. The Kier molecular flexibility index (Phi) is 6.37. The van der Waals surface area contributed by atoms with Gasteiger partial charge in [-0.15, -0.1) is 12.4 Å². The van der Waals surface area contributed by atoms with E-state index in [0.29, 0.717) is 13.1 Å². The average molecular weight is 359 g/mol. The number of piperidine rings is 1. The van der Waals surface area contributed by atoms with E-state index in [1.165, 1.54) is 0 Å². The Morgan fingerprint density at radius 2 is 1.71 bits per heavy atom. The molecule has 3 fully saturated rings. The van der Waals surface area contributed by atoms with Gasteiger partial charge in [-0.25, -0.2) is 4.79 Å². The summed E-state index contributed by atoms with van der Waals surface area (Å²) in [5.74, 6) is 0.191. The molecule has 0 aromatic rings. The van der Waals surface area contributed by atoms with Crippen LogP contribution < -0.4 is 5.73 Å². The fraction of sp³-hybridized carbons (Fsp3) is 0.882. The largest absolute Gasteiger partial charge is 0.342 e. The van der Waals surface area contributed by atoms with E-state index in [-0.39, 0.29) is 35.7 Å². The molecule has 3 amide bonds. The van der Waals surface area contributed by atoms with E-state index in [1.54, 1.807) is 0 Å². The molecular weight excluding hydrogens is 328 g/mol. The average Bonchev–Trinajstić information content (AvgIpc) is 3.24. The first-order chi connectivity index (χ1) is 11.0. The second-order valence-corrected chi connectivity index (χ2v) is 7.79. The normalized spacial score (nSPS) is 30.4. The number of halogens is 1. The van der Waals surface area contributed by atoms with E-state index < -0.39 is 0 Å². The molecule has 7 heteroatoms. The van der Waals surface area contributed by atoms with Crippen LogP contribution in [0.1, 0.15) is 39.0 Å². The van der Waals surface area contributed by atoms with Crippen molar-refractivity contribution >= 4 is 24.3 Å². The molecule has 0 aromatic heterocycles. The molecule has 2 unspecified atom stereocenters. The fourth-order valence-corrected chi connectivity index (χ4v) is 4.10. The monoisotopic (exact) mass is 358 g/mol. The highest BCUT2D eigenvalue weighted by Crippen LogP contribution is 2.31. The SMILES string of the molecule is CC1(CN)CCN(C(=O)C2CCCN(C(=O)N3CCCC3)C2)C1.Cl. The van der Waals surface area contributed by atoms with Crippen molar-refractivity contribution in [1.29, 1.82) is 0 Å². The summed E-state index contributed by atoms with van der Waals surface area (Å²) in [6.45, 7) is 7.47. The minimum atomic E-state index is -0.0320. The maximum atomic E-state index is 12.8. The lowest BCUT2D eigenvalue weighted by atomic mass is 9.90. The number of hydrogen-bond acceptors (Lipinski definition) is 3. The molecule has 3 saturated heterocycles. The van der Waals surface area contributed by atoms with E-state index in [1.807, 2.05) is 14.7 Å². The molecule has 138 valence electrons. The summed E-state index contributed by atoms with van der Waals surface area (Å²) in [6.07, 6.45) is 5.02. The molecule has 0 saturated carbocycles. The standard InChI is InChI=1S/C17H30N4O2.ClH/c1-17(12-18)6-10-21(13-17)15(22)14-5-4-9-20(11-14)16(23)19-7-2-3-8-19;/h14H,2-13,18H2,1H3;1H. The van der Waals surface area contributed by atoms with Crippen LogP contribution in [-0.2, 0) is 4.79 Å². The van der Waals surface area contributed by atoms with E-state index in [9.17, 15) is 9.59 Å². The first-order valence-corrected chi connectivity index (χ1v) is 9.05. The highest BCUT2D eigenvalue weighted by Gasteiger charge is 2.39. The molecule has 0 spiro atoms. The number of urea groups is 1. The number of carbonyl (C=O) groups excluding carboxylic acids is 2. The summed E-state index contributed by atoms with van der Waals surface area (Å²) < 4.78 is 0. The van der Waals surface area contributed by atoms with Crippen molar-refractivity contribution < 1.29 is 9.59 Å². The minimum Gasteiger partial charge on any atom is -0.342 e. The number of nitrogens with zero attached hydrogens (tertiary/aromatic N) is 3.